The van der Waals surface area contributed by atoms with E-state index >= 15 is 0 Å². The molecule has 0 aromatic carbocycles. The zero-order chi connectivity index (χ0) is 12.9. The van der Waals surface area contributed by atoms with E-state index < -0.39 is 15.3 Å². The first-order valence-corrected chi connectivity index (χ1v) is 6.84. The van der Waals surface area contributed by atoms with Crippen molar-refractivity contribution in [2.75, 3.05) is 0 Å². The quantitative estimate of drug-likeness (QED) is 0.852. The molecule has 1 rings (SSSR count). The summed E-state index contributed by atoms with van der Waals surface area (Å²) in [5.74, 6) is 0. The summed E-state index contributed by atoms with van der Waals surface area (Å²) < 4.78 is 25.8. The minimum absolute atomic E-state index is 0.118. The number of aryl methyl sites for hydroxylation is 1. The standard InChI is InChI=1S/C11H15N3O2S/c1-3-10(7-12)17(15,16)14-8-11-9(2)5-4-6-13-11/h4-6,10,14H,3,8H2,1-2H3. The Morgan fingerprint density at radius 2 is 2.29 bits per heavy atom. The highest BCUT2D eigenvalue weighted by Crippen LogP contribution is 2.06. The van der Waals surface area contributed by atoms with Gasteiger partial charge < -0.3 is 0 Å². The van der Waals surface area contributed by atoms with Gasteiger partial charge in [0.1, 0.15) is 0 Å². The SMILES string of the molecule is CCC(C#N)S(=O)(=O)NCc1ncccc1C. The van der Waals surface area contributed by atoms with Gasteiger partial charge in [-0.05, 0) is 25.0 Å². The van der Waals surface area contributed by atoms with Crippen LogP contribution in [0.15, 0.2) is 18.3 Å². The third kappa shape index (κ3) is 3.51. The Balaban J connectivity index is 2.75. The zero-order valence-electron chi connectivity index (χ0n) is 9.84. The molecule has 0 spiro atoms. The summed E-state index contributed by atoms with van der Waals surface area (Å²) in [6.07, 6.45) is 1.88. The normalized spacial score (nSPS) is 13.0. The summed E-state index contributed by atoms with van der Waals surface area (Å²) in [5, 5.41) is 7.72. The molecule has 1 atom stereocenters. The first-order valence-electron chi connectivity index (χ1n) is 5.30. The molecule has 1 aromatic heterocycles. The molecule has 0 radical (unpaired) electrons. The predicted molar refractivity (Wildman–Crippen MR) is 64.4 cm³/mol. The lowest BCUT2D eigenvalue weighted by Gasteiger charge is -2.10. The number of nitrogens with one attached hydrogen (secondary N) is 1. The number of nitriles is 1. The molecule has 17 heavy (non-hydrogen) atoms. The number of sulfonamides is 1. The molecular formula is C11H15N3O2S. The van der Waals surface area contributed by atoms with E-state index in [-0.39, 0.29) is 13.0 Å². The van der Waals surface area contributed by atoms with E-state index in [0.717, 1.165) is 5.56 Å². The third-order valence-electron chi connectivity index (χ3n) is 2.45. The van der Waals surface area contributed by atoms with Crippen molar-refractivity contribution < 1.29 is 8.42 Å². The summed E-state index contributed by atoms with van der Waals surface area (Å²) in [6.45, 7) is 3.64. The first-order chi connectivity index (χ1) is 8.01. The smallest absolute Gasteiger partial charge is 0.228 e. The second kappa shape index (κ2) is 5.75. The van der Waals surface area contributed by atoms with Crippen molar-refractivity contribution >= 4 is 10.0 Å². The molecule has 5 nitrogen and oxygen atoms in total. The van der Waals surface area contributed by atoms with E-state index in [1.807, 2.05) is 13.0 Å². The van der Waals surface area contributed by atoms with Gasteiger partial charge in [0.25, 0.3) is 0 Å². The molecule has 0 amide bonds. The van der Waals surface area contributed by atoms with Gasteiger partial charge in [0.05, 0.1) is 18.3 Å². The molecule has 1 aromatic rings. The number of nitrogens with zero attached hydrogens (tertiary/aromatic N) is 2. The minimum Gasteiger partial charge on any atom is -0.260 e. The Hall–Kier alpha value is -1.45. The Morgan fingerprint density at radius 3 is 2.82 bits per heavy atom. The molecule has 0 bridgehead atoms. The van der Waals surface area contributed by atoms with Crippen LogP contribution in [0.5, 0.6) is 0 Å². The van der Waals surface area contributed by atoms with E-state index in [1.54, 1.807) is 25.3 Å². The van der Waals surface area contributed by atoms with Crippen molar-refractivity contribution in [3.63, 3.8) is 0 Å². The Morgan fingerprint density at radius 1 is 1.59 bits per heavy atom. The second-order valence-corrected chi connectivity index (χ2v) is 5.61. The first kappa shape index (κ1) is 13.6. The van der Waals surface area contributed by atoms with Crippen LogP contribution in [0.1, 0.15) is 24.6 Å². The van der Waals surface area contributed by atoms with Crippen LogP contribution in [-0.2, 0) is 16.6 Å². The molecule has 1 N–H and O–H groups in total. The largest absolute Gasteiger partial charge is 0.260 e. The maximum atomic E-state index is 11.7. The summed E-state index contributed by atoms with van der Waals surface area (Å²) in [6, 6.07) is 5.42. The third-order valence-corrected chi connectivity index (χ3v) is 4.18. The maximum Gasteiger partial charge on any atom is 0.228 e. The molecule has 0 aliphatic heterocycles. The predicted octanol–water partition coefficient (Wildman–Crippen LogP) is 1.11. The van der Waals surface area contributed by atoms with Crippen molar-refractivity contribution in [3.05, 3.63) is 29.6 Å². The molecule has 92 valence electrons. The van der Waals surface area contributed by atoms with Crippen LogP contribution >= 0.6 is 0 Å². The monoisotopic (exact) mass is 253 g/mol. The van der Waals surface area contributed by atoms with E-state index in [2.05, 4.69) is 9.71 Å². The molecule has 6 heteroatoms. The fourth-order valence-corrected chi connectivity index (χ4v) is 2.47. The van der Waals surface area contributed by atoms with Gasteiger partial charge in [-0.3, -0.25) is 4.98 Å². The average molecular weight is 253 g/mol. The van der Waals surface area contributed by atoms with Gasteiger partial charge in [-0.2, -0.15) is 5.26 Å². The van der Waals surface area contributed by atoms with Crippen LogP contribution in [0.4, 0.5) is 0 Å². The van der Waals surface area contributed by atoms with Crippen molar-refractivity contribution in [3.8, 4) is 6.07 Å². The molecular weight excluding hydrogens is 238 g/mol. The van der Waals surface area contributed by atoms with Gasteiger partial charge in [0.15, 0.2) is 5.25 Å². The molecule has 1 heterocycles. The van der Waals surface area contributed by atoms with Crippen molar-refractivity contribution in [1.82, 2.24) is 9.71 Å². The summed E-state index contributed by atoms with van der Waals surface area (Å²) in [4.78, 5) is 4.08. The van der Waals surface area contributed by atoms with Crippen molar-refractivity contribution in [2.24, 2.45) is 0 Å². The molecule has 0 aliphatic rings. The molecule has 0 saturated carbocycles. The van der Waals surface area contributed by atoms with Crippen LogP contribution in [0.25, 0.3) is 0 Å². The van der Waals surface area contributed by atoms with Crippen molar-refractivity contribution in [2.45, 2.75) is 32.1 Å². The Bertz CT molecular complexity index is 520. The lowest BCUT2D eigenvalue weighted by molar-refractivity contribution is 0.571. The van der Waals surface area contributed by atoms with Gasteiger partial charge in [-0.15, -0.1) is 0 Å². The van der Waals surface area contributed by atoms with Gasteiger partial charge in [0, 0.05) is 6.20 Å². The fourth-order valence-electron chi connectivity index (χ4n) is 1.35. The second-order valence-electron chi connectivity index (χ2n) is 3.66. The number of hydrogen-bond acceptors (Lipinski definition) is 4. The number of aromatic nitrogens is 1. The number of pyridine rings is 1. The van der Waals surface area contributed by atoms with E-state index in [0.29, 0.717) is 5.69 Å². The summed E-state index contributed by atoms with van der Waals surface area (Å²) >= 11 is 0. The van der Waals surface area contributed by atoms with Crippen LogP contribution < -0.4 is 4.72 Å². The Kier molecular flexibility index (Phi) is 4.61. The van der Waals surface area contributed by atoms with Crippen LogP contribution in [0, 0.1) is 18.3 Å². The maximum absolute atomic E-state index is 11.7. The van der Waals surface area contributed by atoms with E-state index in [1.165, 1.54) is 0 Å². The highest BCUT2D eigenvalue weighted by Gasteiger charge is 2.22. The highest BCUT2D eigenvalue weighted by molar-refractivity contribution is 7.90. The average Bonchev–Trinajstić information content (AvgIpc) is 2.29. The zero-order valence-corrected chi connectivity index (χ0v) is 10.7. The molecule has 0 saturated heterocycles. The van der Waals surface area contributed by atoms with Crippen LogP contribution in [0.3, 0.4) is 0 Å². The lowest BCUT2D eigenvalue weighted by atomic mass is 10.2. The van der Waals surface area contributed by atoms with Crippen LogP contribution in [-0.4, -0.2) is 18.7 Å². The van der Waals surface area contributed by atoms with Crippen LogP contribution in [0.2, 0.25) is 0 Å². The summed E-state index contributed by atoms with van der Waals surface area (Å²) in [5.41, 5.74) is 1.59. The topological polar surface area (TPSA) is 82.8 Å². The van der Waals surface area contributed by atoms with E-state index in [9.17, 15) is 8.42 Å². The lowest BCUT2D eigenvalue weighted by Crippen LogP contribution is -2.33. The van der Waals surface area contributed by atoms with Gasteiger partial charge >= 0.3 is 0 Å². The molecule has 1 unspecified atom stereocenters. The fraction of sp³-hybridized carbons (Fsp3) is 0.455. The summed E-state index contributed by atoms with van der Waals surface area (Å²) in [7, 11) is -3.59. The van der Waals surface area contributed by atoms with Gasteiger partial charge in [-0.1, -0.05) is 13.0 Å². The van der Waals surface area contributed by atoms with Crippen molar-refractivity contribution in [1.29, 1.82) is 5.26 Å². The number of rotatable bonds is 5. The molecule has 0 aliphatic carbocycles. The number of hydrogen-bond donors (Lipinski definition) is 1. The van der Waals surface area contributed by atoms with Gasteiger partial charge in [0.2, 0.25) is 10.0 Å². The van der Waals surface area contributed by atoms with Gasteiger partial charge in [-0.25, -0.2) is 13.1 Å². The molecule has 0 fully saturated rings. The van der Waals surface area contributed by atoms with E-state index in [4.69, 9.17) is 5.26 Å². The Labute approximate surface area is 102 Å². The minimum atomic E-state index is -3.59. The highest BCUT2D eigenvalue weighted by atomic mass is 32.2.